The molecule has 0 unspecified atom stereocenters. The lowest BCUT2D eigenvalue weighted by Gasteiger charge is -2.05. The molecular formula is C15H13BrN3S-. The zero-order chi connectivity index (χ0) is 13.1. The van der Waals surface area contributed by atoms with Gasteiger partial charge < -0.3 is 17.0 Å². The molecule has 1 aromatic heterocycles. The Balaban J connectivity index is 0.00000147. The molecule has 0 saturated carbocycles. The molecule has 0 amide bonds. The summed E-state index contributed by atoms with van der Waals surface area (Å²) in [4.78, 5) is 9.56. The molecule has 0 aliphatic carbocycles. The summed E-state index contributed by atoms with van der Waals surface area (Å²) < 4.78 is 2.11. The average Bonchev–Trinajstić information content (AvgIpc) is 2.93. The van der Waals surface area contributed by atoms with Gasteiger partial charge in [-0.05, 0) is 23.7 Å². The highest BCUT2D eigenvalue weighted by molar-refractivity contribution is 7.04. The molecule has 0 atom stereocenters. The topological polar surface area (TPSA) is 30.2 Å². The first-order valence-corrected chi connectivity index (χ1v) is 6.80. The maximum absolute atomic E-state index is 4.59. The van der Waals surface area contributed by atoms with Gasteiger partial charge in [-0.15, -0.1) is 0 Å². The number of hydrogen-bond acceptors (Lipinski definition) is 3. The maximum Gasteiger partial charge on any atom is 0.222 e. The van der Waals surface area contributed by atoms with Crippen LogP contribution < -0.4 is 21.8 Å². The molecule has 3 rings (SSSR count). The van der Waals surface area contributed by atoms with E-state index in [-0.39, 0.29) is 17.0 Å². The van der Waals surface area contributed by atoms with Crippen LogP contribution in [-0.4, -0.2) is 16.0 Å². The Morgan fingerprint density at radius 2 is 1.55 bits per heavy atom. The zero-order valence-corrected chi connectivity index (χ0v) is 13.3. The van der Waals surface area contributed by atoms with Crippen molar-refractivity contribution in [3.63, 3.8) is 0 Å². The van der Waals surface area contributed by atoms with Gasteiger partial charge in [-0.3, -0.25) is 4.99 Å². The van der Waals surface area contributed by atoms with Crippen molar-refractivity contribution in [3.05, 3.63) is 65.5 Å². The quantitative estimate of drug-likeness (QED) is 0.649. The highest BCUT2D eigenvalue weighted by Crippen LogP contribution is 2.21. The molecule has 2 aromatic carbocycles. The molecule has 0 spiro atoms. The Morgan fingerprint density at radius 3 is 2.15 bits per heavy atom. The Hall–Kier alpha value is -1.72. The third kappa shape index (κ3) is 2.89. The van der Waals surface area contributed by atoms with E-state index in [1.165, 1.54) is 0 Å². The summed E-state index contributed by atoms with van der Waals surface area (Å²) in [6.07, 6.45) is 0. The number of aromatic nitrogens is 2. The maximum atomic E-state index is 4.59. The second-order valence-corrected chi connectivity index (χ2v) is 4.94. The van der Waals surface area contributed by atoms with Crippen LogP contribution in [0.25, 0.3) is 17.1 Å². The fourth-order valence-electron chi connectivity index (χ4n) is 1.88. The van der Waals surface area contributed by atoms with E-state index in [1.54, 1.807) is 18.6 Å². The molecule has 1 heterocycles. The second kappa shape index (κ2) is 6.63. The van der Waals surface area contributed by atoms with Crippen LogP contribution in [0.3, 0.4) is 0 Å². The van der Waals surface area contributed by atoms with Crippen molar-refractivity contribution in [1.29, 1.82) is 0 Å². The summed E-state index contributed by atoms with van der Waals surface area (Å²) in [5.41, 5.74) is 2.20. The molecule has 0 fully saturated rings. The van der Waals surface area contributed by atoms with Crippen molar-refractivity contribution < 1.29 is 17.0 Å². The van der Waals surface area contributed by atoms with Gasteiger partial charge in [0.1, 0.15) is 0 Å². The Labute approximate surface area is 132 Å². The third-order valence-corrected chi connectivity index (χ3v) is 3.78. The summed E-state index contributed by atoms with van der Waals surface area (Å²) in [7, 11) is 1.77. The van der Waals surface area contributed by atoms with E-state index in [0.29, 0.717) is 0 Å². The second-order valence-electron chi connectivity index (χ2n) is 4.03. The van der Waals surface area contributed by atoms with Crippen molar-refractivity contribution >= 4 is 11.5 Å². The standard InChI is InChI=1S/C15H13N3S.BrH/c1-16-15-17-14(12-8-4-2-5-9-12)18(19-15)13-10-6-3-7-11-13;/h2-11H,1H3;1H/p-1. The molecule has 0 aliphatic rings. The van der Waals surface area contributed by atoms with Crippen molar-refractivity contribution in [2.45, 2.75) is 0 Å². The molecule has 0 aliphatic heterocycles. The van der Waals surface area contributed by atoms with Crippen molar-refractivity contribution in [3.8, 4) is 17.1 Å². The van der Waals surface area contributed by atoms with Gasteiger partial charge in [-0.1, -0.05) is 48.5 Å². The van der Waals surface area contributed by atoms with E-state index >= 15 is 0 Å². The Kier molecular flexibility index (Phi) is 4.87. The van der Waals surface area contributed by atoms with E-state index < -0.39 is 0 Å². The van der Waals surface area contributed by atoms with Crippen LogP contribution in [0.15, 0.2) is 65.7 Å². The molecule has 0 radical (unpaired) electrons. The third-order valence-electron chi connectivity index (χ3n) is 2.78. The van der Waals surface area contributed by atoms with Crippen LogP contribution in [0.4, 0.5) is 0 Å². The highest BCUT2D eigenvalue weighted by Gasteiger charge is 2.09. The van der Waals surface area contributed by atoms with Gasteiger partial charge in [0.25, 0.3) is 0 Å². The normalized spacial score (nSPS) is 11.2. The predicted octanol–water partition coefficient (Wildman–Crippen LogP) is 0.135. The monoisotopic (exact) mass is 346 g/mol. The number of halogens is 1. The van der Waals surface area contributed by atoms with E-state index in [1.807, 2.05) is 36.4 Å². The number of rotatable bonds is 2. The zero-order valence-electron chi connectivity index (χ0n) is 10.9. The lowest BCUT2D eigenvalue weighted by Crippen LogP contribution is -3.00. The molecule has 3 aromatic rings. The average molecular weight is 347 g/mol. The molecule has 3 nitrogen and oxygen atoms in total. The van der Waals surface area contributed by atoms with Crippen LogP contribution >= 0.6 is 11.5 Å². The smallest absolute Gasteiger partial charge is 0.222 e. The molecule has 5 heteroatoms. The van der Waals surface area contributed by atoms with Crippen molar-refractivity contribution in [2.75, 3.05) is 7.05 Å². The minimum atomic E-state index is 0. The van der Waals surface area contributed by atoms with Crippen molar-refractivity contribution in [1.82, 2.24) is 8.94 Å². The van der Waals surface area contributed by atoms with Crippen molar-refractivity contribution in [2.24, 2.45) is 4.99 Å². The largest absolute Gasteiger partial charge is 1.00 e. The van der Waals surface area contributed by atoms with E-state index in [2.05, 4.69) is 38.2 Å². The molecule has 0 saturated heterocycles. The number of hydrogen-bond donors (Lipinski definition) is 0. The molecule has 102 valence electrons. The van der Waals surface area contributed by atoms with Gasteiger partial charge in [0.2, 0.25) is 4.80 Å². The van der Waals surface area contributed by atoms with Gasteiger partial charge in [0.05, 0.1) is 5.69 Å². The summed E-state index contributed by atoms with van der Waals surface area (Å²) in [5.74, 6) is 0.928. The fraction of sp³-hybridized carbons (Fsp3) is 0.0667. The van der Waals surface area contributed by atoms with Gasteiger partial charge in [-0.25, -0.2) is 3.96 Å². The lowest BCUT2D eigenvalue weighted by molar-refractivity contribution is -0.00000385. The summed E-state index contributed by atoms with van der Waals surface area (Å²) in [6.45, 7) is 0. The van der Waals surface area contributed by atoms with Gasteiger partial charge in [0.15, 0.2) is 5.82 Å². The summed E-state index contributed by atoms with van der Waals surface area (Å²) in [5, 5.41) is 0. The minimum Gasteiger partial charge on any atom is -1.00 e. The minimum absolute atomic E-state index is 0. The summed E-state index contributed by atoms with van der Waals surface area (Å²) >= 11 is 1.55. The first kappa shape index (κ1) is 14.7. The molecular weight excluding hydrogens is 334 g/mol. The molecule has 0 bridgehead atoms. The van der Waals surface area contributed by atoms with Gasteiger partial charge in [0, 0.05) is 12.6 Å². The van der Waals surface area contributed by atoms with Crippen LogP contribution in [0, 0.1) is 0 Å². The first-order valence-electron chi connectivity index (χ1n) is 6.02. The Bertz CT molecular complexity index is 673. The molecule has 20 heavy (non-hydrogen) atoms. The van der Waals surface area contributed by atoms with Crippen LogP contribution in [0.5, 0.6) is 0 Å². The van der Waals surface area contributed by atoms with E-state index in [9.17, 15) is 0 Å². The van der Waals surface area contributed by atoms with Gasteiger partial charge in [-0.2, -0.15) is 4.98 Å². The Morgan fingerprint density at radius 1 is 0.950 bits per heavy atom. The molecule has 0 N–H and O–H groups in total. The highest BCUT2D eigenvalue weighted by atomic mass is 79.9. The van der Waals surface area contributed by atoms with Crippen LogP contribution in [0.1, 0.15) is 0 Å². The lowest BCUT2D eigenvalue weighted by atomic mass is 10.2. The predicted molar refractivity (Wildman–Crippen MR) is 78.4 cm³/mol. The first-order chi connectivity index (χ1) is 9.38. The van der Waals surface area contributed by atoms with E-state index in [0.717, 1.165) is 21.9 Å². The number of benzene rings is 2. The number of nitrogens with zero attached hydrogens (tertiary/aromatic N) is 3. The SMILES string of the molecule is CN=c1nc(-c2ccccc2)n(-c2ccccc2)s1.[Br-]. The van der Waals surface area contributed by atoms with Gasteiger partial charge >= 0.3 is 0 Å². The van der Waals surface area contributed by atoms with E-state index in [4.69, 9.17) is 0 Å². The fourth-order valence-corrected chi connectivity index (χ4v) is 2.71. The van der Waals surface area contributed by atoms with Crippen LogP contribution in [0.2, 0.25) is 0 Å². The summed E-state index contributed by atoms with van der Waals surface area (Å²) in [6, 6.07) is 20.4. The van der Waals surface area contributed by atoms with Crippen LogP contribution in [-0.2, 0) is 0 Å². The number of para-hydroxylation sites is 1.